The number of anilines is 1. The molecule has 0 spiro atoms. The summed E-state index contributed by atoms with van der Waals surface area (Å²) in [4.78, 5) is 8.38. The molecule has 0 aromatic carbocycles. The summed E-state index contributed by atoms with van der Waals surface area (Å²) in [5.41, 5.74) is 0. The first-order valence-electron chi connectivity index (χ1n) is 5.37. The van der Waals surface area contributed by atoms with Gasteiger partial charge in [0.25, 0.3) is 0 Å². The summed E-state index contributed by atoms with van der Waals surface area (Å²) in [6.45, 7) is 2.93. The van der Waals surface area contributed by atoms with E-state index in [-0.39, 0.29) is 5.75 Å². The van der Waals surface area contributed by atoms with Crippen molar-refractivity contribution in [1.29, 1.82) is 0 Å². The van der Waals surface area contributed by atoms with Crippen LogP contribution in [0.5, 0.6) is 0 Å². The molecule has 1 aromatic heterocycles. The predicted molar refractivity (Wildman–Crippen MR) is 71.2 cm³/mol. The summed E-state index contributed by atoms with van der Waals surface area (Å²) in [6.07, 6.45) is 5.56. The van der Waals surface area contributed by atoms with Gasteiger partial charge in [0.1, 0.15) is 20.7 Å². The molecule has 96 valence electrons. The average Bonchev–Trinajstić information content (AvgIpc) is 2.25. The van der Waals surface area contributed by atoms with Gasteiger partial charge in [-0.2, -0.15) is 0 Å². The molecule has 0 saturated heterocycles. The first-order valence-corrected chi connectivity index (χ1v) is 8.42. The predicted octanol–water partition coefficient (Wildman–Crippen LogP) is 1.44. The molecule has 0 aliphatic rings. The average molecular weight is 275 g/mol. The van der Waals surface area contributed by atoms with Gasteiger partial charge in [0.15, 0.2) is 0 Å². The Kier molecular flexibility index (Phi) is 5.70. The quantitative estimate of drug-likeness (QED) is 0.759. The minimum Gasteiger partial charge on any atom is -0.369 e. The van der Waals surface area contributed by atoms with E-state index < -0.39 is 9.84 Å². The molecule has 0 unspecified atom stereocenters. The van der Waals surface area contributed by atoms with Crippen molar-refractivity contribution >= 4 is 27.4 Å². The van der Waals surface area contributed by atoms with Crippen LogP contribution in [-0.2, 0) is 9.84 Å². The van der Waals surface area contributed by atoms with E-state index in [0.717, 1.165) is 23.8 Å². The molecule has 0 fully saturated rings. The van der Waals surface area contributed by atoms with E-state index >= 15 is 0 Å². The van der Waals surface area contributed by atoms with Crippen LogP contribution in [0.15, 0.2) is 17.4 Å². The van der Waals surface area contributed by atoms with Crippen molar-refractivity contribution in [2.75, 3.05) is 29.6 Å². The third-order valence-electron chi connectivity index (χ3n) is 1.87. The lowest BCUT2D eigenvalue weighted by molar-refractivity contribution is 0.603. The van der Waals surface area contributed by atoms with Crippen molar-refractivity contribution in [2.45, 2.75) is 18.4 Å². The Labute approximate surface area is 106 Å². The maximum absolute atomic E-state index is 11.0. The van der Waals surface area contributed by atoms with Gasteiger partial charge < -0.3 is 5.32 Å². The largest absolute Gasteiger partial charge is 0.369 e. The number of aromatic nitrogens is 2. The van der Waals surface area contributed by atoms with Crippen molar-refractivity contribution in [3.63, 3.8) is 0 Å². The maximum atomic E-state index is 11.0. The molecule has 0 amide bonds. The van der Waals surface area contributed by atoms with Gasteiger partial charge in [-0.1, -0.05) is 6.92 Å². The number of nitrogens with one attached hydrogen (secondary N) is 1. The molecule has 0 aliphatic carbocycles. The van der Waals surface area contributed by atoms with E-state index in [4.69, 9.17) is 0 Å². The van der Waals surface area contributed by atoms with Crippen molar-refractivity contribution in [3.05, 3.63) is 12.4 Å². The normalized spacial score (nSPS) is 11.4. The molecule has 1 heterocycles. The SMILES string of the molecule is CCCNc1cncc(SCCS(C)(=O)=O)n1. The molecular formula is C10H17N3O2S2. The van der Waals surface area contributed by atoms with Crippen LogP contribution in [0.1, 0.15) is 13.3 Å². The summed E-state index contributed by atoms with van der Waals surface area (Å²) >= 11 is 1.40. The summed E-state index contributed by atoms with van der Waals surface area (Å²) in [7, 11) is -2.90. The highest BCUT2D eigenvalue weighted by atomic mass is 32.2. The van der Waals surface area contributed by atoms with Crippen LogP contribution in [0, 0.1) is 0 Å². The fourth-order valence-corrected chi connectivity index (χ4v) is 3.11. The van der Waals surface area contributed by atoms with Gasteiger partial charge in [-0.15, -0.1) is 11.8 Å². The lowest BCUT2D eigenvalue weighted by Crippen LogP contribution is -2.06. The summed E-state index contributed by atoms with van der Waals surface area (Å²) in [6, 6.07) is 0. The number of hydrogen-bond acceptors (Lipinski definition) is 6. The highest BCUT2D eigenvalue weighted by molar-refractivity contribution is 8.00. The van der Waals surface area contributed by atoms with Crippen LogP contribution in [-0.4, -0.2) is 42.7 Å². The Morgan fingerprint density at radius 3 is 2.82 bits per heavy atom. The summed E-state index contributed by atoms with van der Waals surface area (Å²) in [5, 5.41) is 3.88. The fraction of sp³-hybridized carbons (Fsp3) is 0.600. The zero-order valence-corrected chi connectivity index (χ0v) is 11.6. The first-order chi connectivity index (χ1) is 8.01. The standard InChI is InChI=1S/C10H17N3O2S2/c1-3-4-12-9-7-11-8-10(13-9)16-5-6-17(2,14)15/h7-8H,3-6H2,1-2H3,(H,12,13). The Morgan fingerprint density at radius 2 is 2.18 bits per heavy atom. The minimum atomic E-state index is -2.90. The van der Waals surface area contributed by atoms with Crippen LogP contribution in [0.2, 0.25) is 0 Å². The van der Waals surface area contributed by atoms with Crippen LogP contribution in [0.4, 0.5) is 5.82 Å². The molecule has 0 atom stereocenters. The van der Waals surface area contributed by atoms with Gasteiger partial charge in [0.05, 0.1) is 18.1 Å². The molecule has 0 radical (unpaired) electrons. The zero-order valence-electron chi connectivity index (χ0n) is 10.0. The third-order valence-corrected chi connectivity index (χ3v) is 3.98. The number of rotatable bonds is 7. The molecule has 0 saturated carbocycles. The molecule has 1 aromatic rings. The van der Waals surface area contributed by atoms with Gasteiger partial charge in [-0.3, -0.25) is 4.98 Å². The molecule has 1 rings (SSSR count). The van der Waals surface area contributed by atoms with E-state index in [2.05, 4.69) is 22.2 Å². The second-order valence-electron chi connectivity index (χ2n) is 3.65. The van der Waals surface area contributed by atoms with Crippen molar-refractivity contribution in [1.82, 2.24) is 9.97 Å². The highest BCUT2D eigenvalue weighted by Crippen LogP contribution is 2.16. The molecule has 0 aliphatic heterocycles. The monoisotopic (exact) mass is 275 g/mol. The Morgan fingerprint density at radius 1 is 1.41 bits per heavy atom. The van der Waals surface area contributed by atoms with Crippen LogP contribution in [0.3, 0.4) is 0 Å². The third kappa shape index (κ3) is 6.48. The van der Waals surface area contributed by atoms with Crippen LogP contribution >= 0.6 is 11.8 Å². The van der Waals surface area contributed by atoms with Gasteiger partial charge in [0, 0.05) is 18.6 Å². The Bertz CT molecular complexity index is 449. The van der Waals surface area contributed by atoms with Gasteiger partial charge in [-0.25, -0.2) is 13.4 Å². The van der Waals surface area contributed by atoms with Gasteiger partial charge in [0.2, 0.25) is 0 Å². The number of hydrogen-bond donors (Lipinski definition) is 1. The van der Waals surface area contributed by atoms with E-state index in [0.29, 0.717) is 5.75 Å². The highest BCUT2D eigenvalue weighted by Gasteiger charge is 2.04. The summed E-state index contributed by atoms with van der Waals surface area (Å²) < 4.78 is 21.9. The second-order valence-corrected chi connectivity index (χ2v) is 7.02. The van der Waals surface area contributed by atoms with Crippen molar-refractivity contribution < 1.29 is 8.42 Å². The van der Waals surface area contributed by atoms with E-state index in [9.17, 15) is 8.42 Å². The van der Waals surface area contributed by atoms with Gasteiger partial charge in [-0.05, 0) is 6.42 Å². The van der Waals surface area contributed by atoms with Crippen molar-refractivity contribution in [2.24, 2.45) is 0 Å². The molecule has 0 bridgehead atoms. The van der Waals surface area contributed by atoms with E-state index in [1.54, 1.807) is 12.4 Å². The number of sulfone groups is 1. The van der Waals surface area contributed by atoms with Crippen molar-refractivity contribution in [3.8, 4) is 0 Å². The fourth-order valence-electron chi connectivity index (χ4n) is 1.05. The van der Waals surface area contributed by atoms with E-state index in [1.165, 1.54) is 18.0 Å². The smallest absolute Gasteiger partial charge is 0.148 e. The number of thioether (sulfide) groups is 1. The second kappa shape index (κ2) is 6.80. The van der Waals surface area contributed by atoms with Crippen LogP contribution < -0.4 is 5.32 Å². The summed E-state index contributed by atoms with van der Waals surface area (Å²) in [5.74, 6) is 1.40. The zero-order chi connectivity index (χ0) is 12.7. The lowest BCUT2D eigenvalue weighted by Gasteiger charge is -2.05. The first kappa shape index (κ1) is 14.2. The minimum absolute atomic E-state index is 0.159. The van der Waals surface area contributed by atoms with E-state index in [1.807, 2.05) is 0 Å². The lowest BCUT2D eigenvalue weighted by atomic mass is 10.5. The Balaban J connectivity index is 2.48. The van der Waals surface area contributed by atoms with Crippen LogP contribution in [0.25, 0.3) is 0 Å². The molecule has 17 heavy (non-hydrogen) atoms. The maximum Gasteiger partial charge on any atom is 0.148 e. The molecule has 1 N–H and O–H groups in total. The topological polar surface area (TPSA) is 72.0 Å². The molecule has 7 heteroatoms. The molecular weight excluding hydrogens is 258 g/mol. The number of nitrogens with zero attached hydrogens (tertiary/aromatic N) is 2. The Hall–Kier alpha value is -0.820. The van der Waals surface area contributed by atoms with Gasteiger partial charge >= 0.3 is 0 Å². The molecule has 5 nitrogen and oxygen atoms in total.